The molecule has 2 aromatic rings. The lowest BCUT2D eigenvalue weighted by molar-refractivity contribution is -0.0451. The maximum absolute atomic E-state index is 6.11. The second-order valence-corrected chi connectivity index (χ2v) is 6.44. The van der Waals surface area contributed by atoms with Crippen LogP contribution in [0.1, 0.15) is 25.5 Å². The molecule has 0 spiro atoms. The fraction of sp³-hybridized carbons (Fsp3) is 0.529. The molecule has 1 N–H and O–H groups in total. The van der Waals surface area contributed by atoms with E-state index in [2.05, 4.69) is 53.7 Å². The summed E-state index contributed by atoms with van der Waals surface area (Å²) in [5, 5.41) is 7.16. The zero-order valence-corrected chi connectivity index (χ0v) is 13.7. The molecule has 1 aliphatic rings. The highest BCUT2D eigenvalue weighted by molar-refractivity contribution is 7.17. The van der Waals surface area contributed by atoms with Gasteiger partial charge in [0.2, 0.25) is 0 Å². The number of nitrogens with one attached hydrogen (secondary N) is 1. The normalized spacial score (nSPS) is 21.7. The van der Waals surface area contributed by atoms with Crippen LogP contribution in [0.5, 0.6) is 0 Å². The molecular weight excluding hydrogens is 280 g/mol. The molecule has 1 aromatic heterocycles. The maximum Gasteiger partial charge on any atom is 0.0897 e. The minimum Gasteiger partial charge on any atom is -0.374 e. The number of likely N-dealkylation sites (N-methyl/N-ethyl adjacent to an activating group) is 2. The van der Waals surface area contributed by atoms with E-state index in [1.54, 1.807) is 0 Å². The zero-order chi connectivity index (χ0) is 14.7. The van der Waals surface area contributed by atoms with Crippen LogP contribution >= 0.6 is 11.3 Å². The average molecular weight is 304 g/mol. The summed E-state index contributed by atoms with van der Waals surface area (Å²) in [6, 6.07) is 9.08. The van der Waals surface area contributed by atoms with Gasteiger partial charge in [0.1, 0.15) is 0 Å². The molecule has 1 aliphatic heterocycles. The van der Waals surface area contributed by atoms with E-state index in [1.165, 1.54) is 15.6 Å². The number of ether oxygens (including phenoxy) is 1. The van der Waals surface area contributed by atoms with Gasteiger partial charge in [0.05, 0.1) is 18.8 Å². The van der Waals surface area contributed by atoms with Gasteiger partial charge in [-0.2, -0.15) is 0 Å². The second-order valence-electron chi connectivity index (χ2n) is 5.52. The van der Waals surface area contributed by atoms with Gasteiger partial charge in [-0.05, 0) is 35.5 Å². The Morgan fingerprint density at radius 2 is 2.29 bits per heavy atom. The first-order chi connectivity index (χ1) is 10.3. The van der Waals surface area contributed by atoms with Crippen molar-refractivity contribution in [3.05, 3.63) is 35.2 Å². The summed E-state index contributed by atoms with van der Waals surface area (Å²) in [6.45, 7) is 9.35. The van der Waals surface area contributed by atoms with Gasteiger partial charge < -0.3 is 10.1 Å². The Morgan fingerprint density at radius 1 is 1.38 bits per heavy atom. The molecule has 3 nitrogen and oxygen atoms in total. The third kappa shape index (κ3) is 3.14. The van der Waals surface area contributed by atoms with Gasteiger partial charge in [0.15, 0.2) is 0 Å². The third-order valence-corrected chi connectivity index (χ3v) is 5.24. The largest absolute Gasteiger partial charge is 0.374 e. The standard InChI is InChI=1S/C17H24N2OS/c1-3-18-16(15-12-19(4-2)9-10-20-15)14-7-5-6-13-8-11-21-17(13)14/h5-8,11,15-16,18H,3-4,9-10,12H2,1-2H3. The summed E-state index contributed by atoms with van der Waals surface area (Å²) in [5.41, 5.74) is 1.38. The lowest BCUT2D eigenvalue weighted by atomic mass is 9.98. The lowest BCUT2D eigenvalue weighted by Gasteiger charge is -2.37. The first kappa shape index (κ1) is 15.0. The summed E-state index contributed by atoms with van der Waals surface area (Å²) in [6.07, 6.45) is 0.228. The average Bonchev–Trinajstić information content (AvgIpc) is 3.01. The van der Waals surface area contributed by atoms with Crippen molar-refractivity contribution in [1.82, 2.24) is 10.2 Å². The Morgan fingerprint density at radius 3 is 3.10 bits per heavy atom. The lowest BCUT2D eigenvalue weighted by Crippen LogP contribution is -2.48. The number of hydrogen-bond donors (Lipinski definition) is 1. The van der Waals surface area contributed by atoms with Crippen molar-refractivity contribution in [2.45, 2.75) is 26.0 Å². The maximum atomic E-state index is 6.11. The van der Waals surface area contributed by atoms with Crippen LogP contribution in [0.2, 0.25) is 0 Å². The van der Waals surface area contributed by atoms with Gasteiger partial charge in [0.25, 0.3) is 0 Å². The van der Waals surface area contributed by atoms with Crippen LogP contribution in [0.15, 0.2) is 29.6 Å². The van der Waals surface area contributed by atoms with Crippen LogP contribution in [-0.2, 0) is 4.74 Å². The monoisotopic (exact) mass is 304 g/mol. The minimum absolute atomic E-state index is 0.228. The van der Waals surface area contributed by atoms with Crippen molar-refractivity contribution < 1.29 is 4.74 Å². The first-order valence-corrected chi connectivity index (χ1v) is 8.75. The molecule has 0 aliphatic carbocycles. The van der Waals surface area contributed by atoms with E-state index in [1.807, 2.05) is 11.3 Å². The van der Waals surface area contributed by atoms with Crippen LogP contribution in [0, 0.1) is 0 Å². The highest BCUT2D eigenvalue weighted by Gasteiger charge is 2.29. The molecule has 1 fully saturated rings. The molecular formula is C17H24N2OS. The van der Waals surface area contributed by atoms with Crippen LogP contribution in [0.4, 0.5) is 0 Å². The molecule has 0 bridgehead atoms. The molecule has 2 heterocycles. The summed E-state index contributed by atoms with van der Waals surface area (Å²) < 4.78 is 7.49. The van der Waals surface area contributed by atoms with E-state index in [9.17, 15) is 0 Å². The first-order valence-electron chi connectivity index (χ1n) is 7.87. The molecule has 2 unspecified atom stereocenters. The van der Waals surface area contributed by atoms with Crippen molar-refractivity contribution in [2.75, 3.05) is 32.8 Å². The van der Waals surface area contributed by atoms with Crippen LogP contribution < -0.4 is 5.32 Å². The van der Waals surface area contributed by atoms with E-state index in [0.717, 1.165) is 32.8 Å². The van der Waals surface area contributed by atoms with E-state index < -0.39 is 0 Å². The summed E-state index contributed by atoms with van der Waals surface area (Å²) in [4.78, 5) is 2.48. The van der Waals surface area contributed by atoms with Crippen molar-refractivity contribution >= 4 is 21.4 Å². The molecule has 21 heavy (non-hydrogen) atoms. The fourth-order valence-corrected chi connectivity index (χ4v) is 4.10. The number of benzene rings is 1. The topological polar surface area (TPSA) is 24.5 Å². The summed E-state index contributed by atoms with van der Waals surface area (Å²) in [5.74, 6) is 0. The van der Waals surface area contributed by atoms with E-state index in [4.69, 9.17) is 4.74 Å². The molecule has 4 heteroatoms. The number of fused-ring (bicyclic) bond motifs is 1. The smallest absolute Gasteiger partial charge is 0.0897 e. The van der Waals surface area contributed by atoms with E-state index in [0.29, 0.717) is 0 Å². The molecule has 0 radical (unpaired) electrons. The molecule has 114 valence electrons. The fourth-order valence-electron chi connectivity index (χ4n) is 3.14. The van der Waals surface area contributed by atoms with Crippen molar-refractivity contribution in [3.63, 3.8) is 0 Å². The van der Waals surface area contributed by atoms with E-state index in [-0.39, 0.29) is 12.1 Å². The molecule has 0 amide bonds. The molecule has 2 atom stereocenters. The Hall–Kier alpha value is -0.940. The van der Waals surface area contributed by atoms with Gasteiger partial charge >= 0.3 is 0 Å². The van der Waals surface area contributed by atoms with Gasteiger partial charge in [-0.15, -0.1) is 11.3 Å². The van der Waals surface area contributed by atoms with Crippen molar-refractivity contribution in [3.8, 4) is 0 Å². The van der Waals surface area contributed by atoms with Crippen LogP contribution in [0.3, 0.4) is 0 Å². The Bertz CT molecular complexity index is 583. The van der Waals surface area contributed by atoms with Gasteiger partial charge in [-0.25, -0.2) is 0 Å². The van der Waals surface area contributed by atoms with E-state index >= 15 is 0 Å². The number of rotatable bonds is 5. The zero-order valence-electron chi connectivity index (χ0n) is 12.8. The molecule has 0 saturated carbocycles. The van der Waals surface area contributed by atoms with Gasteiger partial charge in [-0.1, -0.05) is 32.0 Å². The highest BCUT2D eigenvalue weighted by atomic mass is 32.1. The van der Waals surface area contributed by atoms with Crippen LogP contribution in [-0.4, -0.2) is 43.8 Å². The quantitative estimate of drug-likeness (QED) is 0.917. The predicted octanol–water partition coefficient (Wildman–Crippen LogP) is 3.27. The summed E-state index contributed by atoms with van der Waals surface area (Å²) >= 11 is 1.83. The number of hydrogen-bond acceptors (Lipinski definition) is 4. The summed E-state index contributed by atoms with van der Waals surface area (Å²) in [7, 11) is 0. The highest BCUT2D eigenvalue weighted by Crippen LogP contribution is 2.32. The Labute approximate surface area is 130 Å². The predicted molar refractivity (Wildman–Crippen MR) is 90.1 cm³/mol. The van der Waals surface area contributed by atoms with Crippen molar-refractivity contribution in [1.29, 1.82) is 0 Å². The van der Waals surface area contributed by atoms with Crippen molar-refractivity contribution in [2.24, 2.45) is 0 Å². The Balaban J connectivity index is 1.92. The minimum atomic E-state index is 0.228. The molecule has 1 aromatic carbocycles. The third-order valence-electron chi connectivity index (χ3n) is 4.27. The number of thiophene rings is 1. The number of morpholine rings is 1. The molecule has 1 saturated heterocycles. The molecule has 3 rings (SSSR count). The second kappa shape index (κ2) is 6.88. The van der Waals surface area contributed by atoms with Gasteiger partial charge in [-0.3, -0.25) is 4.90 Å². The number of nitrogens with zero attached hydrogens (tertiary/aromatic N) is 1. The van der Waals surface area contributed by atoms with Gasteiger partial charge in [0, 0.05) is 17.8 Å². The Kier molecular flexibility index (Phi) is 4.91. The van der Waals surface area contributed by atoms with Crippen LogP contribution in [0.25, 0.3) is 10.1 Å². The SMILES string of the molecule is CCNC(c1cccc2ccsc12)C1CN(CC)CCO1.